The van der Waals surface area contributed by atoms with E-state index in [4.69, 9.17) is 10.8 Å². The summed E-state index contributed by atoms with van der Waals surface area (Å²) in [6, 6.07) is 6.62. The van der Waals surface area contributed by atoms with Crippen molar-refractivity contribution in [2.45, 2.75) is 0 Å². The van der Waals surface area contributed by atoms with Crippen LogP contribution in [0.4, 0.5) is 5.69 Å². The lowest BCUT2D eigenvalue weighted by Gasteiger charge is -2.02. The first kappa shape index (κ1) is 12.4. The molecule has 3 rings (SSSR count). The van der Waals surface area contributed by atoms with Crippen molar-refractivity contribution >= 4 is 23.0 Å². The van der Waals surface area contributed by atoms with Crippen molar-refractivity contribution in [3.05, 3.63) is 53.8 Å². The van der Waals surface area contributed by atoms with E-state index in [-0.39, 0.29) is 5.56 Å². The summed E-state index contributed by atoms with van der Waals surface area (Å²) in [5.41, 5.74) is 8.63. The Kier molecular flexibility index (Phi) is 3.00. The van der Waals surface area contributed by atoms with E-state index in [0.717, 1.165) is 16.3 Å². The maximum absolute atomic E-state index is 10.8. The number of nitrogens with two attached hydrogens (primary N) is 1. The number of anilines is 1. The number of hydrogen-bond donors (Lipinski definition) is 2. The van der Waals surface area contributed by atoms with Crippen LogP contribution in [0, 0.1) is 0 Å². The standard InChI is InChI=1S/C14H11N3O2S/c15-12-8-17(7-11(12)13-16-5-6-20-13)10-3-1-9(2-4-10)14(18)19/h1-8H,15H2,(H,18,19). The lowest BCUT2D eigenvalue weighted by atomic mass is 10.2. The molecule has 2 heterocycles. The van der Waals surface area contributed by atoms with E-state index in [1.54, 1.807) is 36.7 Å². The van der Waals surface area contributed by atoms with Crippen LogP contribution < -0.4 is 5.73 Å². The molecule has 1 aromatic carbocycles. The Balaban J connectivity index is 1.99. The zero-order valence-corrected chi connectivity index (χ0v) is 11.2. The fraction of sp³-hybridized carbons (Fsp3) is 0. The van der Waals surface area contributed by atoms with Gasteiger partial charge in [0.2, 0.25) is 0 Å². The molecule has 0 unspecified atom stereocenters. The number of thiazole rings is 1. The third-order valence-corrected chi connectivity index (χ3v) is 3.74. The number of nitrogens with zero attached hydrogens (tertiary/aromatic N) is 2. The van der Waals surface area contributed by atoms with E-state index in [9.17, 15) is 4.79 Å². The summed E-state index contributed by atoms with van der Waals surface area (Å²) >= 11 is 1.52. The van der Waals surface area contributed by atoms with Gasteiger partial charge in [-0.3, -0.25) is 0 Å². The minimum absolute atomic E-state index is 0.258. The molecular weight excluding hydrogens is 274 g/mol. The molecule has 0 spiro atoms. The second kappa shape index (κ2) is 4.82. The fourth-order valence-corrected chi connectivity index (χ4v) is 2.60. The molecule has 5 nitrogen and oxygen atoms in total. The first-order chi connectivity index (χ1) is 9.65. The summed E-state index contributed by atoms with van der Waals surface area (Å²) in [6.45, 7) is 0. The Hall–Kier alpha value is -2.60. The third kappa shape index (κ3) is 2.17. The largest absolute Gasteiger partial charge is 0.478 e. The maximum atomic E-state index is 10.8. The van der Waals surface area contributed by atoms with Crippen LogP contribution in [0.2, 0.25) is 0 Å². The molecule has 0 radical (unpaired) electrons. The smallest absolute Gasteiger partial charge is 0.335 e. The molecule has 0 aliphatic rings. The van der Waals surface area contributed by atoms with E-state index < -0.39 is 5.97 Å². The average molecular weight is 285 g/mol. The van der Waals surface area contributed by atoms with Crippen molar-refractivity contribution in [1.29, 1.82) is 0 Å². The number of aromatic carboxylic acids is 1. The van der Waals surface area contributed by atoms with Gasteiger partial charge in [0.05, 0.1) is 16.8 Å². The Bertz CT molecular complexity index is 745. The zero-order valence-electron chi connectivity index (χ0n) is 10.4. The van der Waals surface area contributed by atoms with Crippen molar-refractivity contribution in [3.63, 3.8) is 0 Å². The number of aromatic nitrogens is 2. The quantitative estimate of drug-likeness (QED) is 0.775. The molecule has 100 valence electrons. The van der Waals surface area contributed by atoms with Crippen LogP contribution in [0.5, 0.6) is 0 Å². The second-order valence-electron chi connectivity index (χ2n) is 4.22. The Labute approximate surface area is 118 Å². The fourth-order valence-electron chi connectivity index (χ4n) is 1.93. The van der Waals surface area contributed by atoms with Crippen LogP contribution in [-0.4, -0.2) is 20.6 Å². The molecule has 0 saturated heterocycles. The Morgan fingerprint density at radius 2 is 2.00 bits per heavy atom. The van der Waals surface area contributed by atoms with Crippen molar-refractivity contribution in [3.8, 4) is 16.3 Å². The Morgan fingerprint density at radius 3 is 2.60 bits per heavy atom. The summed E-state index contributed by atoms with van der Waals surface area (Å²) in [7, 11) is 0. The van der Waals surface area contributed by atoms with Crippen LogP contribution >= 0.6 is 11.3 Å². The summed E-state index contributed by atoms with van der Waals surface area (Å²) < 4.78 is 1.86. The maximum Gasteiger partial charge on any atom is 0.335 e. The van der Waals surface area contributed by atoms with Crippen LogP contribution in [0.15, 0.2) is 48.2 Å². The molecule has 0 atom stereocenters. The lowest BCUT2D eigenvalue weighted by Crippen LogP contribution is -1.97. The van der Waals surface area contributed by atoms with Gasteiger partial charge in [-0.25, -0.2) is 9.78 Å². The first-order valence-corrected chi connectivity index (χ1v) is 6.74. The minimum Gasteiger partial charge on any atom is -0.478 e. The van der Waals surface area contributed by atoms with Gasteiger partial charge >= 0.3 is 5.97 Å². The highest BCUT2D eigenvalue weighted by atomic mass is 32.1. The number of hydrogen-bond acceptors (Lipinski definition) is 4. The van der Waals surface area contributed by atoms with Crippen molar-refractivity contribution < 1.29 is 9.90 Å². The molecular formula is C14H11N3O2S. The van der Waals surface area contributed by atoms with E-state index in [1.165, 1.54) is 11.3 Å². The van der Waals surface area contributed by atoms with Gasteiger partial charge in [0.25, 0.3) is 0 Å². The SMILES string of the molecule is Nc1cn(-c2ccc(C(=O)O)cc2)cc1-c1nccs1. The van der Waals surface area contributed by atoms with Gasteiger partial charge in [-0.2, -0.15) is 0 Å². The average Bonchev–Trinajstić information content (AvgIpc) is 3.07. The molecule has 2 aromatic heterocycles. The molecule has 0 bridgehead atoms. The summed E-state index contributed by atoms with van der Waals surface area (Å²) in [5.74, 6) is -0.938. The van der Waals surface area contributed by atoms with Crippen molar-refractivity contribution in [2.75, 3.05) is 5.73 Å². The van der Waals surface area contributed by atoms with E-state index in [0.29, 0.717) is 5.69 Å². The van der Waals surface area contributed by atoms with Gasteiger partial charge in [-0.15, -0.1) is 11.3 Å². The minimum atomic E-state index is -0.938. The molecule has 0 fully saturated rings. The van der Waals surface area contributed by atoms with Crippen LogP contribution in [0.3, 0.4) is 0 Å². The highest BCUT2D eigenvalue weighted by Crippen LogP contribution is 2.29. The van der Waals surface area contributed by atoms with Crippen LogP contribution in [0.25, 0.3) is 16.3 Å². The van der Waals surface area contributed by atoms with Crippen molar-refractivity contribution in [1.82, 2.24) is 9.55 Å². The van der Waals surface area contributed by atoms with Gasteiger partial charge in [-0.05, 0) is 24.3 Å². The second-order valence-corrected chi connectivity index (χ2v) is 5.12. The van der Waals surface area contributed by atoms with Gasteiger partial charge in [0.1, 0.15) is 5.01 Å². The Morgan fingerprint density at radius 1 is 1.25 bits per heavy atom. The molecule has 3 aromatic rings. The third-order valence-electron chi connectivity index (χ3n) is 2.93. The molecule has 0 aliphatic carbocycles. The van der Waals surface area contributed by atoms with Gasteiger partial charge in [-0.1, -0.05) is 0 Å². The molecule has 3 N–H and O–H groups in total. The van der Waals surface area contributed by atoms with E-state index in [2.05, 4.69) is 4.98 Å². The number of benzene rings is 1. The highest BCUT2D eigenvalue weighted by Gasteiger charge is 2.10. The monoisotopic (exact) mass is 285 g/mol. The van der Waals surface area contributed by atoms with Crippen LogP contribution in [-0.2, 0) is 0 Å². The highest BCUT2D eigenvalue weighted by molar-refractivity contribution is 7.13. The normalized spacial score (nSPS) is 10.6. The topological polar surface area (TPSA) is 81.1 Å². The summed E-state index contributed by atoms with van der Waals surface area (Å²) in [4.78, 5) is 15.1. The molecule has 0 aliphatic heterocycles. The van der Waals surface area contributed by atoms with Gasteiger partial charge in [0.15, 0.2) is 0 Å². The van der Waals surface area contributed by atoms with Crippen LogP contribution in [0.1, 0.15) is 10.4 Å². The predicted octanol–water partition coefficient (Wildman–Crippen LogP) is 2.88. The van der Waals surface area contributed by atoms with Gasteiger partial charge < -0.3 is 15.4 Å². The van der Waals surface area contributed by atoms with E-state index in [1.807, 2.05) is 16.1 Å². The number of rotatable bonds is 3. The summed E-state index contributed by atoms with van der Waals surface area (Å²) in [6.07, 6.45) is 5.43. The molecule has 0 saturated carbocycles. The van der Waals surface area contributed by atoms with Crippen molar-refractivity contribution in [2.24, 2.45) is 0 Å². The zero-order chi connectivity index (χ0) is 14.1. The number of carboxylic acids is 1. The number of carbonyl (C=O) groups is 1. The lowest BCUT2D eigenvalue weighted by molar-refractivity contribution is 0.0697. The number of carboxylic acid groups (broad SMARTS) is 1. The molecule has 6 heteroatoms. The molecule has 20 heavy (non-hydrogen) atoms. The number of nitrogen functional groups attached to an aromatic ring is 1. The van der Waals surface area contributed by atoms with Gasteiger partial charge in [0, 0.05) is 29.7 Å². The van der Waals surface area contributed by atoms with E-state index >= 15 is 0 Å². The predicted molar refractivity (Wildman–Crippen MR) is 78.2 cm³/mol. The first-order valence-electron chi connectivity index (χ1n) is 5.86. The molecule has 0 amide bonds. The summed E-state index contributed by atoms with van der Waals surface area (Å²) in [5, 5.41) is 11.6.